The number of carbonyl (C=O) groups excluding carboxylic acids is 2. The number of pyridine rings is 1. The number of hydrogen-bond acceptors (Lipinski definition) is 5. The lowest BCUT2D eigenvalue weighted by Gasteiger charge is -2.30. The molecule has 13 heteroatoms. The van der Waals surface area contributed by atoms with Crippen LogP contribution in [0, 0.1) is 23.2 Å². The second-order valence-electron chi connectivity index (χ2n) is 10.8. The lowest BCUT2D eigenvalue weighted by molar-refractivity contribution is -0.146. The van der Waals surface area contributed by atoms with Gasteiger partial charge in [0.05, 0.1) is 45.9 Å². The summed E-state index contributed by atoms with van der Waals surface area (Å²) in [7, 11) is 0. The van der Waals surface area contributed by atoms with Crippen molar-refractivity contribution in [3.8, 4) is 0 Å². The molecule has 0 radical (unpaired) electrons. The predicted molar refractivity (Wildman–Crippen MR) is 128 cm³/mol. The van der Waals surface area contributed by atoms with Crippen molar-refractivity contribution in [2.45, 2.75) is 45.8 Å². The molecule has 2 aromatic rings. The molecule has 2 aliphatic rings. The Morgan fingerprint density at radius 1 is 1.08 bits per heavy atom. The standard InChI is InChI=1S/C24H25Cl2F3N4O4/c1-23(2,3)10-32(9-17(34)19-15(25)7-30-8-16(19)26)21(35)14-6-31-33(20(14)24(27,28)29)11-4-12-13(5-11)18(12)22(36)37/h6-8,11-13,18H,4-5,9-10H2,1-3H3,(H,36,37)/t11-,12+,13-,18+. The number of carboxylic acid groups (broad SMARTS) is 1. The summed E-state index contributed by atoms with van der Waals surface area (Å²) in [5.41, 5.74) is -2.52. The SMILES string of the molecule is CC(C)(C)CN(CC(=O)c1c(Cl)cncc1Cl)C(=O)c1cnn([C@H]2C[C@@H]3[C@H](C2)[C@@H]3C(=O)O)c1C(F)(F)F. The quantitative estimate of drug-likeness (QED) is 0.463. The molecule has 4 atom stereocenters. The molecule has 2 aromatic heterocycles. The molecule has 2 saturated carbocycles. The molecule has 37 heavy (non-hydrogen) atoms. The van der Waals surface area contributed by atoms with Crippen LogP contribution >= 0.6 is 23.2 Å². The van der Waals surface area contributed by atoms with Crippen LogP contribution in [0.1, 0.15) is 66.1 Å². The summed E-state index contributed by atoms with van der Waals surface area (Å²) in [5, 5.41) is 13.1. The molecule has 8 nitrogen and oxygen atoms in total. The highest BCUT2D eigenvalue weighted by Gasteiger charge is 2.61. The van der Waals surface area contributed by atoms with Gasteiger partial charge in [0.2, 0.25) is 0 Å². The Morgan fingerprint density at radius 3 is 2.14 bits per heavy atom. The van der Waals surface area contributed by atoms with Crippen LogP contribution in [0.3, 0.4) is 0 Å². The van der Waals surface area contributed by atoms with Crippen LogP contribution in [-0.2, 0) is 11.0 Å². The molecule has 0 unspecified atom stereocenters. The zero-order valence-electron chi connectivity index (χ0n) is 20.2. The average Bonchev–Trinajstić information content (AvgIpc) is 3.09. The number of ketones is 1. The molecule has 0 aromatic carbocycles. The molecule has 1 N–H and O–H groups in total. The molecule has 1 amide bonds. The Morgan fingerprint density at radius 2 is 1.65 bits per heavy atom. The molecule has 200 valence electrons. The van der Waals surface area contributed by atoms with Crippen LogP contribution < -0.4 is 0 Å². The van der Waals surface area contributed by atoms with Gasteiger partial charge in [-0.05, 0) is 30.1 Å². The van der Waals surface area contributed by atoms with Gasteiger partial charge in [0.1, 0.15) is 0 Å². The third-order valence-corrected chi connectivity index (χ3v) is 7.34. The van der Waals surface area contributed by atoms with Crippen LogP contribution in [0.25, 0.3) is 0 Å². The number of nitrogens with zero attached hydrogens (tertiary/aromatic N) is 4. The summed E-state index contributed by atoms with van der Waals surface area (Å²) in [6.07, 6.45) is -1.13. The van der Waals surface area contributed by atoms with Gasteiger partial charge in [-0.25, -0.2) is 0 Å². The number of fused-ring (bicyclic) bond motifs is 1. The summed E-state index contributed by atoms with van der Waals surface area (Å²) in [6.45, 7) is 4.75. The topological polar surface area (TPSA) is 105 Å². The minimum atomic E-state index is -4.91. The first-order valence-corrected chi connectivity index (χ1v) is 12.3. The summed E-state index contributed by atoms with van der Waals surface area (Å²) in [6, 6.07) is -0.670. The molecule has 2 fully saturated rings. The highest BCUT2D eigenvalue weighted by atomic mass is 35.5. The zero-order chi connectivity index (χ0) is 27.4. The van der Waals surface area contributed by atoms with Crippen LogP contribution in [0.15, 0.2) is 18.6 Å². The van der Waals surface area contributed by atoms with E-state index in [0.717, 1.165) is 15.8 Å². The number of hydrogen-bond donors (Lipinski definition) is 1. The summed E-state index contributed by atoms with van der Waals surface area (Å²) >= 11 is 12.1. The number of Topliss-reactive ketones (excluding diaryl/α,β-unsaturated/α-hetero) is 1. The van der Waals surface area contributed by atoms with E-state index in [4.69, 9.17) is 23.2 Å². The minimum Gasteiger partial charge on any atom is -0.481 e. The molecule has 2 heterocycles. The minimum absolute atomic E-state index is 0.0335. The first kappa shape index (κ1) is 27.4. The highest BCUT2D eigenvalue weighted by Crippen LogP contribution is 2.61. The third-order valence-electron chi connectivity index (χ3n) is 6.76. The van der Waals surface area contributed by atoms with Crippen molar-refractivity contribution in [3.63, 3.8) is 0 Å². The maximum atomic E-state index is 14.3. The molecule has 2 aliphatic carbocycles. The molecule has 0 spiro atoms. The van der Waals surface area contributed by atoms with Crippen molar-refractivity contribution in [1.29, 1.82) is 0 Å². The maximum absolute atomic E-state index is 14.3. The fraction of sp³-hybridized carbons (Fsp3) is 0.542. The molecule has 4 rings (SSSR count). The van der Waals surface area contributed by atoms with Gasteiger partial charge < -0.3 is 10.0 Å². The van der Waals surface area contributed by atoms with Crippen LogP contribution in [0.5, 0.6) is 0 Å². The van der Waals surface area contributed by atoms with Crippen molar-refractivity contribution in [2.75, 3.05) is 13.1 Å². The fourth-order valence-corrected chi connectivity index (χ4v) is 5.90. The molecule has 0 bridgehead atoms. The number of carbonyl (C=O) groups is 3. The van der Waals surface area contributed by atoms with E-state index in [1.165, 1.54) is 12.4 Å². The Hall–Kier alpha value is -2.66. The summed E-state index contributed by atoms with van der Waals surface area (Å²) in [5.74, 6) is -3.53. The zero-order valence-corrected chi connectivity index (χ0v) is 21.7. The maximum Gasteiger partial charge on any atom is 0.433 e. The Balaban J connectivity index is 1.65. The number of aromatic nitrogens is 3. The Labute approximate surface area is 220 Å². The lowest BCUT2D eigenvalue weighted by atomic mass is 9.95. The van der Waals surface area contributed by atoms with Crippen LogP contribution in [-0.4, -0.2) is 55.5 Å². The van der Waals surface area contributed by atoms with E-state index in [0.29, 0.717) is 0 Å². The number of alkyl halides is 3. The van der Waals surface area contributed by atoms with Gasteiger partial charge in [-0.2, -0.15) is 18.3 Å². The monoisotopic (exact) mass is 560 g/mol. The van der Waals surface area contributed by atoms with Crippen molar-refractivity contribution in [2.24, 2.45) is 23.2 Å². The van der Waals surface area contributed by atoms with Crippen molar-refractivity contribution in [1.82, 2.24) is 19.7 Å². The largest absolute Gasteiger partial charge is 0.481 e. The molecule has 0 saturated heterocycles. The molecular weight excluding hydrogens is 536 g/mol. The van der Waals surface area contributed by atoms with Crippen LogP contribution in [0.4, 0.5) is 13.2 Å². The van der Waals surface area contributed by atoms with Gasteiger partial charge in [0.15, 0.2) is 11.5 Å². The second-order valence-corrected chi connectivity index (χ2v) is 11.6. The molecule has 0 aliphatic heterocycles. The van der Waals surface area contributed by atoms with Gasteiger partial charge in [-0.15, -0.1) is 0 Å². The van der Waals surface area contributed by atoms with Crippen molar-refractivity contribution in [3.05, 3.63) is 45.5 Å². The first-order chi connectivity index (χ1) is 17.1. The summed E-state index contributed by atoms with van der Waals surface area (Å²) < 4.78 is 43.6. The molecular formula is C24H25Cl2F3N4O4. The number of rotatable bonds is 7. The average molecular weight is 561 g/mol. The fourth-order valence-electron chi connectivity index (χ4n) is 5.33. The summed E-state index contributed by atoms with van der Waals surface area (Å²) in [4.78, 5) is 42.7. The number of amides is 1. The van der Waals surface area contributed by atoms with Crippen molar-refractivity contribution < 1.29 is 32.7 Å². The van der Waals surface area contributed by atoms with Gasteiger partial charge in [0, 0.05) is 18.9 Å². The van der Waals surface area contributed by atoms with E-state index >= 15 is 0 Å². The number of halogens is 5. The van der Waals surface area contributed by atoms with E-state index in [1.54, 1.807) is 20.8 Å². The number of carboxylic acids is 1. The smallest absolute Gasteiger partial charge is 0.433 e. The Kier molecular flexibility index (Phi) is 7.09. The Bertz CT molecular complexity index is 1230. The second kappa shape index (κ2) is 9.58. The van der Waals surface area contributed by atoms with E-state index < -0.39 is 59.0 Å². The first-order valence-electron chi connectivity index (χ1n) is 11.6. The van der Waals surface area contributed by atoms with Crippen molar-refractivity contribution >= 4 is 40.9 Å². The van der Waals surface area contributed by atoms with Gasteiger partial charge in [0.25, 0.3) is 5.91 Å². The lowest BCUT2D eigenvalue weighted by Crippen LogP contribution is -2.42. The van der Waals surface area contributed by atoms with Gasteiger partial charge in [-0.1, -0.05) is 44.0 Å². The van der Waals surface area contributed by atoms with E-state index in [9.17, 15) is 32.7 Å². The van der Waals surface area contributed by atoms with E-state index in [1.807, 2.05) is 0 Å². The van der Waals surface area contributed by atoms with Gasteiger partial charge in [-0.3, -0.25) is 24.0 Å². The van der Waals surface area contributed by atoms with Crippen LogP contribution in [0.2, 0.25) is 10.0 Å². The normalized spacial score (nSPS) is 23.0. The number of aliphatic carboxylic acids is 1. The van der Waals surface area contributed by atoms with E-state index in [-0.39, 0.29) is 46.8 Å². The predicted octanol–water partition coefficient (Wildman–Crippen LogP) is 5.26. The van der Waals surface area contributed by atoms with E-state index in [2.05, 4.69) is 10.1 Å². The third kappa shape index (κ3) is 5.47. The van der Waals surface area contributed by atoms with Gasteiger partial charge >= 0.3 is 12.1 Å². The highest BCUT2D eigenvalue weighted by molar-refractivity contribution is 6.39.